The van der Waals surface area contributed by atoms with Crippen LogP contribution in [0.2, 0.25) is 0 Å². The van der Waals surface area contributed by atoms with Gasteiger partial charge in [-0.15, -0.1) is 0 Å². The fourth-order valence-electron chi connectivity index (χ4n) is 3.89. The van der Waals surface area contributed by atoms with Gasteiger partial charge in [-0.2, -0.15) is 0 Å². The molecule has 32 heavy (non-hydrogen) atoms. The van der Waals surface area contributed by atoms with Crippen LogP contribution in [0, 0.1) is 5.92 Å². The SMILES string of the molecule is CCC(CC)C(CNC(=O)CNC(=O)c1cccc(S(=O)(=O)N(C)C)c1)N1CCOCC1. The van der Waals surface area contributed by atoms with Gasteiger partial charge in [0.15, 0.2) is 0 Å². The van der Waals surface area contributed by atoms with Gasteiger partial charge in [-0.25, -0.2) is 12.7 Å². The number of nitrogens with zero attached hydrogens (tertiary/aromatic N) is 2. The van der Waals surface area contributed by atoms with Gasteiger partial charge in [0.05, 0.1) is 24.7 Å². The highest BCUT2D eigenvalue weighted by Gasteiger charge is 2.27. The van der Waals surface area contributed by atoms with Crippen LogP contribution >= 0.6 is 0 Å². The zero-order valence-corrected chi connectivity index (χ0v) is 20.3. The van der Waals surface area contributed by atoms with Crippen molar-refractivity contribution < 1.29 is 22.7 Å². The van der Waals surface area contributed by atoms with Crippen molar-refractivity contribution in [3.63, 3.8) is 0 Å². The van der Waals surface area contributed by atoms with Gasteiger partial charge in [0.2, 0.25) is 15.9 Å². The molecule has 1 heterocycles. The summed E-state index contributed by atoms with van der Waals surface area (Å²) in [6.07, 6.45) is 2.05. The van der Waals surface area contributed by atoms with E-state index in [2.05, 4.69) is 29.4 Å². The maximum absolute atomic E-state index is 12.5. The first kappa shape index (κ1) is 26.2. The van der Waals surface area contributed by atoms with E-state index in [0.29, 0.717) is 25.7 Å². The average Bonchev–Trinajstić information content (AvgIpc) is 2.80. The lowest BCUT2D eigenvalue weighted by Gasteiger charge is -2.38. The molecule has 9 nitrogen and oxygen atoms in total. The molecule has 2 N–H and O–H groups in total. The van der Waals surface area contributed by atoms with Crippen LogP contribution in [0.4, 0.5) is 0 Å². The molecule has 0 saturated carbocycles. The van der Waals surface area contributed by atoms with Gasteiger partial charge in [0.1, 0.15) is 0 Å². The van der Waals surface area contributed by atoms with Crippen molar-refractivity contribution in [2.24, 2.45) is 5.92 Å². The molecule has 1 aromatic rings. The van der Waals surface area contributed by atoms with E-state index in [4.69, 9.17) is 4.74 Å². The number of carbonyl (C=O) groups is 2. The molecule has 2 amide bonds. The van der Waals surface area contributed by atoms with Crippen molar-refractivity contribution in [2.75, 3.05) is 53.5 Å². The molecule has 1 saturated heterocycles. The highest BCUT2D eigenvalue weighted by Crippen LogP contribution is 2.19. The third kappa shape index (κ3) is 6.99. The Hall–Kier alpha value is -2.01. The number of sulfonamides is 1. The molecule has 0 aromatic heterocycles. The van der Waals surface area contributed by atoms with Gasteiger partial charge in [-0.1, -0.05) is 32.8 Å². The summed E-state index contributed by atoms with van der Waals surface area (Å²) in [5, 5.41) is 5.52. The van der Waals surface area contributed by atoms with E-state index in [-0.39, 0.29) is 29.0 Å². The summed E-state index contributed by atoms with van der Waals surface area (Å²) >= 11 is 0. The van der Waals surface area contributed by atoms with Gasteiger partial charge >= 0.3 is 0 Å². The second-order valence-electron chi connectivity index (χ2n) is 8.09. The molecule has 1 aromatic carbocycles. The summed E-state index contributed by atoms with van der Waals surface area (Å²) in [6, 6.07) is 5.99. The molecule has 1 aliphatic heterocycles. The molecule has 1 atom stereocenters. The topological polar surface area (TPSA) is 108 Å². The van der Waals surface area contributed by atoms with Crippen molar-refractivity contribution in [3.05, 3.63) is 29.8 Å². The Kier molecular flexibility index (Phi) is 10.1. The van der Waals surface area contributed by atoms with Crippen LogP contribution in [0.1, 0.15) is 37.0 Å². The number of hydrogen-bond acceptors (Lipinski definition) is 6. The van der Waals surface area contributed by atoms with Crippen LogP contribution in [0.3, 0.4) is 0 Å². The Balaban J connectivity index is 1.93. The molecule has 0 radical (unpaired) electrons. The molecule has 1 fully saturated rings. The minimum absolute atomic E-state index is 0.0260. The third-order valence-electron chi connectivity index (χ3n) is 5.90. The monoisotopic (exact) mass is 468 g/mol. The van der Waals surface area contributed by atoms with E-state index in [0.717, 1.165) is 30.2 Å². The first-order valence-electron chi connectivity index (χ1n) is 11.1. The lowest BCUT2D eigenvalue weighted by Crippen LogP contribution is -2.52. The minimum atomic E-state index is -3.65. The predicted octanol–water partition coefficient (Wildman–Crippen LogP) is 0.920. The molecular formula is C22H36N4O5S. The minimum Gasteiger partial charge on any atom is -0.379 e. The Labute approximate surface area is 191 Å². The highest BCUT2D eigenvalue weighted by atomic mass is 32.2. The molecule has 0 spiro atoms. The molecule has 0 aliphatic carbocycles. The summed E-state index contributed by atoms with van der Waals surface area (Å²) in [4.78, 5) is 27.3. The first-order valence-corrected chi connectivity index (χ1v) is 12.5. The number of rotatable bonds is 11. The molecule has 180 valence electrons. The van der Waals surface area contributed by atoms with E-state index in [1.165, 1.54) is 38.4 Å². The zero-order chi connectivity index (χ0) is 23.7. The number of amides is 2. The number of nitrogens with one attached hydrogen (secondary N) is 2. The van der Waals surface area contributed by atoms with Crippen LogP contribution in [0.5, 0.6) is 0 Å². The van der Waals surface area contributed by atoms with E-state index >= 15 is 0 Å². The van der Waals surface area contributed by atoms with Crippen molar-refractivity contribution in [3.8, 4) is 0 Å². The maximum Gasteiger partial charge on any atom is 0.251 e. The van der Waals surface area contributed by atoms with E-state index in [1.807, 2.05) is 0 Å². The van der Waals surface area contributed by atoms with Crippen molar-refractivity contribution in [1.29, 1.82) is 0 Å². The fraction of sp³-hybridized carbons (Fsp3) is 0.636. The number of ether oxygens (including phenoxy) is 1. The second kappa shape index (κ2) is 12.3. The summed E-state index contributed by atoms with van der Waals surface area (Å²) in [5.74, 6) is -0.315. The lowest BCUT2D eigenvalue weighted by molar-refractivity contribution is -0.120. The Morgan fingerprint density at radius 3 is 2.38 bits per heavy atom. The fourth-order valence-corrected chi connectivity index (χ4v) is 4.84. The molecule has 0 bridgehead atoms. The van der Waals surface area contributed by atoms with Gasteiger partial charge in [0, 0.05) is 45.3 Å². The average molecular weight is 469 g/mol. The van der Waals surface area contributed by atoms with E-state index in [9.17, 15) is 18.0 Å². The van der Waals surface area contributed by atoms with Crippen LogP contribution in [0.25, 0.3) is 0 Å². The summed E-state index contributed by atoms with van der Waals surface area (Å²) in [6.45, 7) is 7.74. The normalized spacial score (nSPS) is 16.2. The van der Waals surface area contributed by atoms with Crippen LogP contribution < -0.4 is 10.6 Å². The van der Waals surface area contributed by atoms with Crippen LogP contribution in [-0.4, -0.2) is 89.0 Å². The Bertz CT molecular complexity index is 865. The third-order valence-corrected chi connectivity index (χ3v) is 7.71. The summed E-state index contributed by atoms with van der Waals surface area (Å²) in [7, 11) is -0.788. The highest BCUT2D eigenvalue weighted by molar-refractivity contribution is 7.89. The number of benzene rings is 1. The van der Waals surface area contributed by atoms with Gasteiger partial charge in [-0.3, -0.25) is 14.5 Å². The first-order chi connectivity index (χ1) is 15.2. The summed E-state index contributed by atoms with van der Waals surface area (Å²) in [5.41, 5.74) is 0.184. The zero-order valence-electron chi connectivity index (χ0n) is 19.5. The van der Waals surface area contributed by atoms with Crippen molar-refractivity contribution in [2.45, 2.75) is 37.6 Å². The molecule has 10 heteroatoms. The molecule has 1 aliphatic rings. The smallest absolute Gasteiger partial charge is 0.251 e. The predicted molar refractivity (Wildman–Crippen MR) is 123 cm³/mol. The number of carbonyl (C=O) groups excluding carboxylic acids is 2. The second-order valence-corrected chi connectivity index (χ2v) is 10.2. The molecular weight excluding hydrogens is 432 g/mol. The maximum atomic E-state index is 12.5. The van der Waals surface area contributed by atoms with Gasteiger partial charge in [0.25, 0.3) is 5.91 Å². The largest absolute Gasteiger partial charge is 0.379 e. The quantitative estimate of drug-likeness (QED) is 0.500. The van der Waals surface area contributed by atoms with Crippen molar-refractivity contribution in [1.82, 2.24) is 19.8 Å². The lowest BCUT2D eigenvalue weighted by atomic mass is 9.92. The van der Waals surface area contributed by atoms with Gasteiger partial charge in [-0.05, 0) is 24.1 Å². The van der Waals surface area contributed by atoms with Crippen LogP contribution in [-0.2, 0) is 19.6 Å². The van der Waals surface area contributed by atoms with Gasteiger partial charge < -0.3 is 15.4 Å². The van der Waals surface area contributed by atoms with Crippen LogP contribution in [0.15, 0.2) is 29.2 Å². The summed E-state index contributed by atoms with van der Waals surface area (Å²) < 4.78 is 31.1. The molecule has 2 rings (SSSR count). The van der Waals surface area contributed by atoms with E-state index < -0.39 is 15.9 Å². The number of hydrogen-bond donors (Lipinski definition) is 2. The molecule has 1 unspecified atom stereocenters. The standard InChI is InChI=1S/C22H36N4O5S/c1-5-17(6-2)20(26-10-12-31-13-11-26)15-23-21(27)16-24-22(28)18-8-7-9-19(14-18)32(29,30)25(3)4/h7-9,14,17,20H,5-6,10-13,15-16H2,1-4H3,(H,23,27)(H,24,28). The Morgan fingerprint density at radius 1 is 1.12 bits per heavy atom. The Morgan fingerprint density at radius 2 is 1.78 bits per heavy atom. The van der Waals surface area contributed by atoms with Crippen molar-refractivity contribution >= 4 is 21.8 Å². The number of morpholine rings is 1. The van der Waals surface area contributed by atoms with E-state index in [1.54, 1.807) is 0 Å².